The first-order chi connectivity index (χ1) is 8.83. The lowest BCUT2D eigenvalue weighted by atomic mass is 10.3. The van der Waals surface area contributed by atoms with Crippen LogP contribution in [0, 0.1) is 0 Å². The van der Waals surface area contributed by atoms with Crippen molar-refractivity contribution in [3.8, 4) is 16.7 Å². The second-order valence-corrected chi connectivity index (χ2v) is 6.13. The van der Waals surface area contributed by atoms with Crippen molar-refractivity contribution in [1.29, 1.82) is 0 Å². The first-order valence-electron chi connectivity index (χ1n) is 4.55. The maximum Gasteiger partial charge on any atom is 0.573 e. The van der Waals surface area contributed by atoms with E-state index in [0.29, 0.717) is 9.67 Å². The molecule has 0 saturated carbocycles. The zero-order valence-corrected chi connectivity index (χ0v) is 12.7. The molecule has 0 fully saturated rings. The van der Waals surface area contributed by atoms with E-state index in [1.54, 1.807) is 0 Å². The Kier molecular flexibility index (Phi) is 4.31. The average molecular weight is 420 g/mol. The maximum absolute atomic E-state index is 12.1. The molecular formula is C9H3Br2F3N2O2S. The number of hydrogen-bond acceptors (Lipinski definition) is 5. The molecule has 0 bridgehead atoms. The normalized spacial score (nSPS) is 11.4. The van der Waals surface area contributed by atoms with Gasteiger partial charge in [-0.15, -0.1) is 18.3 Å². The lowest BCUT2D eigenvalue weighted by molar-refractivity contribution is -0.274. The Labute approximate surface area is 125 Å². The second kappa shape index (κ2) is 5.63. The molecule has 19 heavy (non-hydrogen) atoms. The van der Waals surface area contributed by atoms with E-state index in [2.05, 4.69) is 46.8 Å². The van der Waals surface area contributed by atoms with Crippen LogP contribution in [0.25, 0.3) is 0 Å². The van der Waals surface area contributed by atoms with Crippen molar-refractivity contribution >= 4 is 43.2 Å². The molecule has 0 aliphatic rings. The van der Waals surface area contributed by atoms with Gasteiger partial charge in [-0.25, -0.2) is 0 Å². The van der Waals surface area contributed by atoms with Gasteiger partial charge in [-0.05, 0) is 61.4 Å². The highest BCUT2D eigenvalue weighted by molar-refractivity contribution is 9.11. The summed E-state index contributed by atoms with van der Waals surface area (Å²) in [5, 5.41) is 7.64. The summed E-state index contributed by atoms with van der Waals surface area (Å²) in [7, 11) is 0. The number of aromatic nitrogens is 2. The number of benzene rings is 1. The van der Waals surface area contributed by atoms with Gasteiger partial charge in [0.05, 0.1) is 4.47 Å². The molecule has 0 aliphatic carbocycles. The van der Waals surface area contributed by atoms with E-state index in [4.69, 9.17) is 4.74 Å². The molecule has 102 valence electrons. The Morgan fingerprint density at radius 3 is 2.42 bits per heavy atom. The van der Waals surface area contributed by atoms with Crippen LogP contribution in [0.15, 0.2) is 26.6 Å². The van der Waals surface area contributed by atoms with Crippen LogP contribution in [-0.4, -0.2) is 16.6 Å². The summed E-state index contributed by atoms with van der Waals surface area (Å²) in [6.45, 7) is 0. The smallest absolute Gasteiger partial charge is 0.430 e. The number of rotatable bonds is 3. The Bertz CT molecular complexity index is 591. The van der Waals surface area contributed by atoms with Gasteiger partial charge in [0.25, 0.3) is 5.19 Å². The van der Waals surface area contributed by atoms with Gasteiger partial charge in [0.15, 0.2) is 3.92 Å². The predicted molar refractivity (Wildman–Crippen MR) is 68.5 cm³/mol. The molecule has 0 spiro atoms. The lowest BCUT2D eigenvalue weighted by Crippen LogP contribution is -2.17. The molecule has 0 saturated heterocycles. The molecule has 4 nitrogen and oxygen atoms in total. The highest BCUT2D eigenvalue weighted by Gasteiger charge is 2.32. The van der Waals surface area contributed by atoms with E-state index in [9.17, 15) is 13.2 Å². The van der Waals surface area contributed by atoms with Gasteiger partial charge in [-0.1, -0.05) is 5.10 Å². The van der Waals surface area contributed by atoms with Crippen LogP contribution in [-0.2, 0) is 0 Å². The summed E-state index contributed by atoms with van der Waals surface area (Å²) >= 11 is 7.24. The fourth-order valence-electron chi connectivity index (χ4n) is 1.09. The highest BCUT2D eigenvalue weighted by Crippen LogP contribution is 2.35. The van der Waals surface area contributed by atoms with E-state index in [1.165, 1.54) is 12.1 Å². The molecule has 0 aliphatic heterocycles. The van der Waals surface area contributed by atoms with Gasteiger partial charge in [-0.3, -0.25) is 0 Å². The molecule has 0 radical (unpaired) electrons. The molecule has 2 rings (SSSR count). The molecule has 0 atom stereocenters. The third-order valence-electron chi connectivity index (χ3n) is 1.72. The monoisotopic (exact) mass is 418 g/mol. The molecule has 0 amide bonds. The average Bonchev–Trinajstić information content (AvgIpc) is 2.66. The largest absolute Gasteiger partial charge is 0.573 e. The zero-order chi connectivity index (χ0) is 14.0. The predicted octanol–water partition coefficient (Wildman–Crippen LogP) is 4.75. The second-order valence-electron chi connectivity index (χ2n) is 3.06. The SMILES string of the molecule is FC(F)(F)Oc1ccc(Oc2nnc(Br)s2)cc1Br. The number of nitrogens with zero attached hydrogens (tertiary/aromatic N) is 2. The van der Waals surface area contributed by atoms with Crippen molar-refractivity contribution in [1.82, 2.24) is 10.2 Å². The minimum atomic E-state index is -4.74. The van der Waals surface area contributed by atoms with E-state index in [1.807, 2.05) is 0 Å². The first kappa shape index (κ1) is 14.5. The van der Waals surface area contributed by atoms with E-state index < -0.39 is 6.36 Å². The van der Waals surface area contributed by atoms with Crippen molar-refractivity contribution in [3.05, 3.63) is 26.6 Å². The Morgan fingerprint density at radius 2 is 1.89 bits per heavy atom. The van der Waals surface area contributed by atoms with Crippen LogP contribution >= 0.6 is 43.2 Å². The summed E-state index contributed by atoms with van der Waals surface area (Å²) in [6.07, 6.45) is -4.74. The summed E-state index contributed by atoms with van der Waals surface area (Å²) in [5.41, 5.74) is 0. The van der Waals surface area contributed by atoms with Gasteiger partial charge in [0, 0.05) is 0 Å². The minimum Gasteiger partial charge on any atom is -0.430 e. The maximum atomic E-state index is 12.1. The van der Waals surface area contributed by atoms with Gasteiger partial charge < -0.3 is 9.47 Å². The van der Waals surface area contributed by atoms with Crippen LogP contribution in [0.4, 0.5) is 13.2 Å². The highest BCUT2D eigenvalue weighted by atomic mass is 79.9. The summed E-state index contributed by atoms with van der Waals surface area (Å²) in [4.78, 5) is 0. The van der Waals surface area contributed by atoms with Crippen LogP contribution < -0.4 is 9.47 Å². The molecule has 1 aromatic heterocycles. The fourth-order valence-corrected chi connectivity index (χ4v) is 2.47. The van der Waals surface area contributed by atoms with Crippen molar-refractivity contribution < 1.29 is 22.6 Å². The van der Waals surface area contributed by atoms with Crippen molar-refractivity contribution in [2.75, 3.05) is 0 Å². The fraction of sp³-hybridized carbons (Fsp3) is 0.111. The van der Waals surface area contributed by atoms with Crippen molar-refractivity contribution in [2.45, 2.75) is 6.36 Å². The topological polar surface area (TPSA) is 44.2 Å². The first-order valence-corrected chi connectivity index (χ1v) is 6.96. The summed E-state index contributed by atoms with van der Waals surface area (Å²) in [6, 6.07) is 3.82. The van der Waals surface area contributed by atoms with E-state index in [0.717, 1.165) is 17.4 Å². The standard InChI is InChI=1S/C9H3Br2F3N2O2S/c10-5-3-4(17-8-16-15-7(11)19-8)1-2-6(5)18-9(12,13)14/h1-3H. The molecule has 1 heterocycles. The van der Waals surface area contributed by atoms with E-state index >= 15 is 0 Å². The molecule has 1 aromatic carbocycles. The number of halogens is 5. The van der Waals surface area contributed by atoms with Gasteiger partial charge >= 0.3 is 6.36 Å². The third kappa shape index (κ3) is 4.32. The Balaban J connectivity index is 2.14. The molecular weight excluding hydrogens is 417 g/mol. The third-order valence-corrected chi connectivity index (χ3v) is 3.57. The Hall–Kier alpha value is -0.870. The summed E-state index contributed by atoms with van der Waals surface area (Å²) < 4.78 is 46.0. The van der Waals surface area contributed by atoms with Gasteiger partial charge in [0.2, 0.25) is 0 Å². The van der Waals surface area contributed by atoms with Crippen LogP contribution in [0.2, 0.25) is 0 Å². The lowest BCUT2D eigenvalue weighted by Gasteiger charge is -2.11. The van der Waals surface area contributed by atoms with Crippen molar-refractivity contribution in [3.63, 3.8) is 0 Å². The Morgan fingerprint density at radius 1 is 1.16 bits per heavy atom. The van der Waals surface area contributed by atoms with Gasteiger partial charge in [-0.2, -0.15) is 0 Å². The zero-order valence-electron chi connectivity index (χ0n) is 8.74. The molecule has 2 aromatic rings. The quantitative estimate of drug-likeness (QED) is 0.719. The number of alkyl halides is 3. The molecule has 10 heteroatoms. The van der Waals surface area contributed by atoms with Crippen LogP contribution in [0.3, 0.4) is 0 Å². The minimum absolute atomic E-state index is 0.117. The van der Waals surface area contributed by atoms with Crippen LogP contribution in [0.1, 0.15) is 0 Å². The number of ether oxygens (including phenoxy) is 2. The molecule has 0 unspecified atom stereocenters. The van der Waals surface area contributed by atoms with Crippen molar-refractivity contribution in [2.24, 2.45) is 0 Å². The number of hydrogen-bond donors (Lipinski definition) is 0. The van der Waals surface area contributed by atoms with Gasteiger partial charge in [0.1, 0.15) is 11.5 Å². The van der Waals surface area contributed by atoms with Crippen LogP contribution in [0.5, 0.6) is 16.7 Å². The summed E-state index contributed by atoms with van der Waals surface area (Å²) in [5.74, 6) is -0.0386. The molecule has 0 N–H and O–H groups in total. The van der Waals surface area contributed by atoms with E-state index in [-0.39, 0.29) is 15.4 Å².